The monoisotopic (exact) mass is 68.0 g/mol. The van der Waals surface area contributed by atoms with E-state index in [1.807, 2.05) is 0 Å². The van der Waals surface area contributed by atoms with Crippen LogP contribution in [0, 0.1) is 0 Å². The summed E-state index contributed by atoms with van der Waals surface area (Å²) in [4.78, 5) is 0. The van der Waals surface area contributed by atoms with Crippen LogP contribution in [0.4, 0.5) is 0 Å². The second-order valence-electron chi connectivity index (χ2n) is 1.45. The number of epoxide rings is 1. The van der Waals surface area contributed by atoms with Crippen LogP contribution < -0.4 is 0 Å². The van der Waals surface area contributed by atoms with Crippen LogP contribution in [-0.2, 0) is 4.74 Å². The van der Waals surface area contributed by atoms with Crippen molar-refractivity contribution in [1.29, 1.82) is 0 Å². The Morgan fingerprint density at radius 2 is 1.80 bits per heavy atom. The molecule has 1 fully saturated rings. The van der Waals surface area contributed by atoms with Crippen molar-refractivity contribution in [3.05, 3.63) is 12.2 Å². The molecule has 1 nitrogen and oxygen atoms in total. The third kappa shape index (κ3) is 0.0934. The van der Waals surface area contributed by atoms with Gasteiger partial charge in [0.2, 0.25) is 0 Å². The normalized spacial score (nSPS) is 54.4. The van der Waals surface area contributed by atoms with Crippen LogP contribution in [0.15, 0.2) is 12.2 Å². The summed E-state index contributed by atoms with van der Waals surface area (Å²) in [6.45, 7) is 0. The van der Waals surface area contributed by atoms with E-state index in [9.17, 15) is 0 Å². The molecule has 0 radical (unpaired) electrons. The molecule has 1 aliphatic carbocycles. The van der Waals surface area contributed by atoms with Gasteiger partial charge >= 0.3 is 0 Å². The highest BCUT2D eigenvalue weighted by molar-refractivity contribution is 5.22. The summed E-state index contributed by atoms with van der Waals surface area (Å²) < 4.78 is 4.92. The van der Waals surface area contributed by atoms with Gasteiger partial charge in [-0.2, -0.15) is 0 Å². The molecule has 0 N–H and O–H groups in total. The van der Waals surface area contributed by atoms with Gasteiger partial charge in [-0.05, 0) is 0 Å². The maximum Gasteiger partial charge on any atom is 0.106 e. The molecule has 0 aromatic heterocycles. The van der Waals surface area contributed by atoms with E-state index in [1.54, 1.807) is 0 Å². The van der Waals surface area contributed by atoms with Crippen molar-refractivity contribution in [2.75, 3.05) is 0 Å². The van der Waals surface area contributed by atoms with E-state index in [4.69, 9.17) is 4.74 Å². The van der Waals surface area contributed by atoms with Gasteiger partial charge in [-0.1, -0.05) is 12.2 Å². The maximum atomic E-state index is 4.92. The third-order valence-electron chi connectivity index (χ3n) is 1.05. The molecule has 1 saturated heterocycles. The molecule has 5 heavy (non-hydrogen) atoms. The van der Waals surface area contributed by atoms with Crippen molar-refractivity contribution in [1.82, 2.24) is 0 Å². The summed E-state index contributed by atoms with van der Waals surface area (Å²) in [6, 6.07) is 0. The van der Waals surface area contributed by atoms with E-state index in [-0.39, 0.29) is 0 Å². The molecule has 0 aromatic carbocycles. The lowest BCUT2D eigenvalue weighted by molar-refractivity contribution is 0.427. The fourth-order valence-electron chi connectivity index (χ4n) is 0.519. The Morgan fingerprint density at radius 1 is 1.20 bits per heavy atom. The third-order valence-corrected chi connectivity index (χ3v) is 1.05. The van der Waals surface area contributed by atoms with Gasteiger partial charge in [-0.25, -0.2) is 0 Å². The first-order valence-electron chi connectivity index (χ1n) is 1.80. The van der Waals surface area contributed by atoms with Crippen LogP contribution in [0.5, 0.6) is 0 Å². The minimum Gasteiger partial charge on any atom is -0.361 e. The second kappa shape index (κ2) is 0.356. The number of ether oxygens (including phenoxy) is 1. The lowest BCUT2D eigenvalue weighted by Gasteiger charge is -1.83. The van der Waals surface area contributed by atoms with Crippen molar-refractivity contribution in [3.63, 3.8) is 0 Å². The second-order valence-corrected chi connectivity index (χ2v) is 1.45. The highest BCUT2D eigenvalue weighted by Gasteiger charge is 2.40. The highest BCUT2D eigenvalue weighted by atomic mass is 16.6. The van der Waals surface area contributed by atoms with Gasteiger partial charge in [0.25, 0.3) is 0 Å². The van der Waals surface area contributed by atoms with Crippen LogP contribution in [-0.4, -0.2) is 12.2 Å². The predicted octanol–water partition coefficient (Wildman–Crippen LogP) is 0.324. The van der Waals surface area contributed by atoms with Gasteiger partial charge in [0.15, 0.2) is 0 Å². The van der Waals surface area contributed by atoms with Gasteiger partial charge in [-0.3, -0.25) is 0 Å². The summed E-state index contributed by atoms with van der Waals surface area (Å²) in [7, 11) is 0. The molecule has 2 atom stereocenters. The average Bonchev–Trinajstić information content (AvgIpc) is 1.74. The maximum absolute atomic E-state index is 4.92. The standard InChI is InChI=1S/C4H4O/c1-2-4-3(1)5-4/h1-4H. The van der Waals surface area contributed by atoms with E-state index >= 15 is 0 Å². The van der Waals surface area contributed by atoms with Gasteiger partial charge < -0.3 is 4.74 Å². The Balaban J connectivity index is 2.46. The number of hydrogen-bond acceptors (Lipinski definition) is 1. The van der Waals surface area contributed by atoms with Crippen LogP contribution in [0.3, 0.4) is 0 Å². The van der Waals surface area contributed by atoms with E-state index in [2.05, 4.69) is 12.2 Å². The van der Waals surface area contributed by atoms with Crippen molar-refractivity contribution in [2.24, 2.45) is 0 Å². The summed E-state index contributed by atoms with van der Waals surface area (Å²) >= 11 is 0. The largest absolute Gasteiger partial charge is 0.361 e. The molecular formula is C4H4O. The van der Waals surface area contributed by atoms with Crippen LogP contribution in [0.2, 0.25) is 0 Å². The van der Waals surface area contributed by atoms with Gasteiger partial charge in [0.05, 0.1) is 0 Å². The molecule has 0 aromatic rings. The zero-order valence-electron chi connectivity index (χ0n) is 2.72. The zero-order chi connectivity index (χ0) is 3.28. The molecular weight excluding hydrogens is 64.0 g/mol. The summed E-state index contributed by atoms with van der Waals surface area (Å²) in [5, 5.41) is 0. The van der Waals surface area contributed by atoms with Crippen molar-refractivity contribution in [3.8, 4) is 0 Å². The molecule has 26 valence electrons. The average molecular weight is 68.1 g/mol. The van der Waals surface area contributed by atoms with Crippen LogP contribution >= 0.6 is 0 Å². The predicted molar refractivity (Wildman–Crippen MR) is 17.8 cm³/mol. The van der Waals surface area contributed by atoms with Crippen LogP contribution in [0.1, 0.15) is 0 Å². The van der Waals surface area contributed by atoms with E-state index in [1.165, 1.54) is 0 Å². The molecule has 2 aliphatic rings. The van der Waals surface area contributed by atoms with Gasteiger partial charge in [0, 0.05) is 0 Å². The lowest BCUT2D eigenvalue weighted by atomic mass is 10.1. The summed E-state index contributed by atoms with van der Waals surface area (Å²) in [5.41, 5.74) is 0. The Kier molecular flexibility index (Phi) is 0.141. The molecule has 0 saturated carbocycles. The molecule has 0 spiro atoms. The molecule has 0 amide bonds. The Bertz CT molecular complexity index is 75.6. The Hall–Kier alpha value is -0.300. The summed E-state index contributed by atoms with van der Waals surface area (Å²) in [6.07, 6.45) is 5.25. The van der Waals surface area contributed by atoms with Crippen LogP contribution in [0.25, 0.3) is 0 Å². The molecule has 1 heterocycles. The number of hydrogen-bond donors (Lipinski definition) is 0. The fourth-order valence-corrected chi connectivity index (χ4v) is 0.519. The Morgan fingerprint density at radius 3 is 1.80 bits per heavy atom. The first-order chi connectivity index (χ1) is 2.47. The molecule has 1 aliphatic heterocycles. The van der Waals surface area contributed by atoms with Crippen molar-refractivity contribution >= 4 is 0 Å². The molecule has 2 unspecified atom stereocenters. The van der Waals surface area contributed by atoms with Crippen molar-refractivity contribution in [2.45, 2.75) is 12.2 Å². The highest BCUT2D eigenvalue weighted by Crippen LogP contribution is 2.32. The molecule has 1 heteroatoms. The van der Waals surface area contributed by atoms with Gasteiger partial charge in [-0.15, -0.1) is 0 Å². The summed E-state index contributed by atoms with van der Waals surface area (Å²) in [5.74, 6) is 0. The van der Waals surface area contributed by atoms with Crippen molar-refractivity contribution < 1.29 is 4.74 Å². The molecule has 2 rings (SSSR count). The Labute approximate surface area is 30.2 Å². The first kappa shape index (κ1) is 1.98. The van der Waals surface area contributed by atoms with Gasteiger partial charge in [0.1, 0.15) is 12.2 Å². The fraction of sp³-hybridized carbons (Fsp3) is 0.500. The molecule has 0 bridgehead atoms. The first-order valence-corrected chi connectivity index (χ1v) is 1.80. The van der Waals surface area contributed by atoms with E-state index in [0.29, 0.717) is 12.2 Å². The van der Waals surface area contributed by atoms with E-state index < -0.39 is 0 Å². The zero-order valence-corrected chi connectivity index (χ0v) is 2.72. The lowest BCUT2D eigenvalue weighted by Crippen LogP contribution is -1.93. The minimum atomic E-state index is 0.551. The SMILES string of the molecule is C1=CC2OC12. The smallest absolute Gasteiger partial charge is 0.106 e. The quantitative estimate of drug-likeness (QED) is 0.294. The number of rotatable bonds is 0. The number of fused-ring (bicyclic) bond motifs is 1. The topological polar surface area (TPSA) is 12.5 Å². The van der Waals surface area contributed by atoms with E-state index in [0.717, 1.165) is 0 Å². The minimum absolute atomic E-state index is 0.551.